The molecule has 4 aromatic carbocycles. The molecule has 1 aromatic heterocycles. The van der Waals surface area contributed by atoms with Gasteiger partial charge in [0.25, 0.3) is 0 Å². The van der Waals surface area contributed by atoms with Gasteiger partial charge in [-0.15, -0.1) is 11.3 Å². The summed E-state index contributed by atoms with van der Waals surface area (Å²) in [5.41, 5.74) is 9.34. The molecule has 0 radical (unpaired) electrons. The van der Waals surface area contributed by atoms with Crippen LogP contribution in [0.3, 0.4) is 0 Å². The number of amides is 4. The summed E-state index contributed by atoms with van der Waals surface area (Å²) in [4.78, 5) is 65.0. The van der Waals surface area contributed by atoms with E-state index < -0.39 is 23.6 Å². The number of aromatic nitrogens is 1. The third-order valence-corrected chi connectivity index (χ3v) is 15.3. The van der Waals surface area contributed by atoms with Crippen LogP contribution in [0.2, 0.25) is 0 Å². The fourth-order valence-corrected chi connectivity index (χ4v) is 10.8. The molecular formula is C60H76N6O8S. The Kier molecular flexibility index (Phi) is 20.1. The van der Waals surface area contributed by atoms with Crippen LogP contribution in [0.25, 0.3) is 21.6 Å². The Bertz CT molecular complexity index is 2690. The number of hydrogen-bond acceptors (Lipinski definition) is 11. The van der Waals surface area contributed by atoms with Gasteiger partial charge in [0.1, 0.15) is 35.9 Å². The number of likely N-dealkylation sites (tertiary alicyclic amines) is 1. The minimum Gasteiger partial charge on any atom is -0.508 e. The number of aryl methyl sites for hydroxylation is 1. The summed E-state index contributed by atoms with van der Waals surface area (Å²) in [6.45, 7) is 14.3. The van der Waals surface area contributed by atoms with Crippen molar-refractivity contribution in [1.82, 2.24) is 30.3 Å². The summed E-state index contributed by atoms with van der Waals surface area (Å²) < 4.78 is 6.18. The van der Waals surface area contributed by atoms with Crippen LogP contribution >= 0.6 is 11.3 Å². The predicted molar refractivity (Wildman–Crippen MR) is 296 cm³/mol. The number of ether oxygens (including phenoxy) is 1. The average molecular weight is 1040 g/mol. The number of rotatable bonds is 23. The van der Waals surface area contributed by atoms with Crippen LogP contribution < -0.4 is 15.4 Å². The number of unbranched alkanes of at least 4 members (excludes halogenated alkanes) is 5. The molecule has 14 nitrogen and oxygen atoms in total. The average Bonchev–Trinajstić information content (AvgIpc) is 4.03. The van der Waals surface area contributed by atoms with Crippen LogP contribution in [-0.4, -0.2) is 123 Å². The monoisotopic (exact) mass is 1040 g/mol. The molecule has 7 rings (SSSR count). The molecule has 5 aromatic rings. The molecule has 0 saturated carbocycles. The van der Waals surface area contributed by atoms with Gasteiger partial charge in [0.15, 0.2) is 0 Å². The number of nitrogens with one attached hydrogen (secondary N) is 2. The number of nitrogens with zero attached hydrogens (tertiary/aromatic N) is 4. The van der Waals surface area contributed by atoms with E-state index in [2.05, 4.69) is 39.6 Å². The largest absolute Gasteiger partial charge is 0.508 e. The Hall–Kier alpha value is -6.55. The van der Waals surface area contributed by atoms with Gasteiger partial charge in [-0.25, -0.2) is 4.98 Å². The van der Waals surface area contributed by atoms with Crippen molar-refractivity contribution in [3.05, 3.63) is 131 Å². The van der Waals surface area contributed by atoms with Gasteiger partial charge in [-0.3, -0.25) is 24.1 Å². The maximum absolute atomic E-state index is 14.0. The second kappa shape index (κ2) is 26.8. The standard InChI is InChI=1S/C60H76N6O8S/c1-6-51(43-19-25-47(67)26-20-43)55(44-21-27-48(68)28-22-44)45-23-29-50(30-24-45)74-36-35-64-31-33-65(34-32-64)54(71)14-12-10-8-7-9-11-13-53(70)63-57(60(3,4)5)59(73)66-39-49(69)37-52(66)58(72)61-38-42-15-17-46(18-16-42)56-41(2)62-40-75-56/h15-30,40,49,52,57,67-69H,6-14,31-39H2,1-5H3,(H,61,72)(H,63,70)/t49-,52+,57?/m1/s1. The third-order valence-electron chi connectivity index (χ3n) is 14.3. The van der Waals surface area contributed by atoms with Crippen LogP contribution in [0.4, 0.5) is 0 Å². The number of phenolic OH excluding ortho intramolecular Hbond substituents is 2. The van der Waals surface area contributed by atoms with Crippen molar-refractivity contribution in [1.29, 1.82) is 0 Å². The molecule has 15 heteroatoms. The first kappa shape index (κ1) is 56.2. The molecule has 0 aliphatic carbocycles. The zero-order chi connectivity index (χ0) is 53.5. The molecular weight excluding hydrogens is 965 g/mol. The van der Waals surface area contributed by atoms with Gasteiger partial charge >= 0.3 is 0 Å². The molecule has 1 unspecified atom stereocenters. The highest BCUT2D eigenvalue weighted by atomic mass is 32.1. The Morgan fingerprint density at radius 1 is 0.773 bits per heavy atom. The second-order valence-electron chi connectivity index (χ2n) is 21.0. The number of β-amino-alcohol motifs (C(OH)–C–C–N with tert-alkyl or cyclic N) is 1. The first-order valence-corrected chi connectivity index (χ1v) is 27.6. The summed E-state index contributed by atoms with van der Waals surface area (Å²) >= 11 is 1.58. The first-order valence-electron chi connectivity index (χ1n) is 26.7. The molecule has 2 aliphatic rings. The first-order chi connectivity index (χ1) is 36.1. The number of hydrogen-bond donors (Lipinski definition) is 5. The molecule has 2 aliphatic heterocycles. The van der Waals surface area contributed by atoms with E-state index >= 15 is 0 Å². The Balaban J connectivity index is 0.760. The summed E-state index contributed by atoms with van der Waals surface area (Å²) in [5.74, 6) is 0.475. The van der Waals surface area contributed by atoms with E-state index in [0.29, 0.717) is 32.5 Å². The van der Waals surface area contributed by atoms with E-state index in [1.54, 1.807) is 35.6 Å². The number of aliphatic hydroxyl groups is 1. The smallest absolute Gasteiger partial charge is 0.246 e. The minimum atomic E-state index is -0.866. The van der Waals surface area contributed by atoms with Crippen molar-refractivity contribution >= 4 is 46.1 Å². The van der Waals surface area contributed by atoms with Crippen molar-refractivity contribution < 1.29 is 39.2 Å². The maximum atomic E-state index is 14.0. The summed E-state index contributed by atoms with van der Waals surface area (Å²) in [7, 11) is 0. The van der Waals surface area contributed by atoms with Gasteiger partial charge < -0.3 is 40.5 Å². The highest BCUT2D eigenvalue weighted by Gasteiger charge is 2.44. The van der Waals surface area contributed by atoms with Crippen LogP contribution in [0.1, 0.15) is 120 Å². The van der Waals surface area contributed by atoms with E-state index in [1.165, 1.54) is 4.90 Å². The summed E-state index contributed by atoms with van der Waals surface area (Å²) in [6.07, 6.45) is 6.10. The van der Waals surface area contributed by atoms with Gasteiger partial charge in [0.05, 0.1) is 22.2 Å². The molecule has 2 fully saturated rings. The van der Waals surface area contributed by atoms with Crippen LogP contribution in [0, 0.1) is 12.3 Å². The van der Waals surface area contributed by atoms with E-state index in [9.17, 15) is 34.5 Å². The molecule has 3 heterocycles. The van der Waals surface area contributed by atoms with Crippen LogP contribution in [0.15, 0.2) is 103 Å². The molecule has 5 N–H and O–H groups in total. The van der Waals surface area contributed by atoms with Crippen molar-refractivity contribution in [3.63, 3.8) is 0 Å². The number of benzene rings is 4. The molecule has 3 atom stereocenters. The fourth-order valence-electron chi connectivity index (χ4n) is 10.0. The molecule has 0 spiro atoms. The molecule has 75 heavy (non-hydrogen) atoms. The fraction of sp³-hybridized carbons (Fsp3) is 0.450. The van der Waals surface area contributed by atoms with Gasteiger partial charge in [-0.05, 0) is 107 Å². The van der Waals surface area contributed by atoms with Gasteiger partial charge in [0.2, 0.25) is 23.6 Å². The van der Waals surface area contributed by atoms with Crippen molar-refractivity contribution in [2.45, 2.75) is 124 Å². The minimum absolute atomic E-state index is 0.0234. The zero-order valence-corrected chi connectivity index (χ0v) is 45.2. The summed E-state index contributed by atoms with van der Waals surface area (Å²) in [6, 6.07) is 28.8. The lowest BCUT2D eigenvalue weighted by Gasteiger charge is -2.35. The van der Waals surface area contributed by atoms with E-state index in [1.807, 2.05) is 98.8 Å². The number of piperazine rings is 1. The number of phenols is 2. The Morgan fingerprint density at radius 2 is 1.36 bits per heavy atom. The summed E-state index contributed by atoms with van der Waals surface area (Å²) in [5, 5.41) is 36.4. The number of allylic oxidation sites excluding steroid dienone is 1. The lowest BCUT2D eigenvalue weighted by molar-refractivity contribution is -0.144. The van der Waals surface area contributed by atoms with Crippen molar-refractivity contribution in [2.24, 2.45) is 5.41 Å². The number of aliphatic hydroxyl groups excluding tert-OH is 1. The van der Waals surface area contributed by atoms with E-state index in [-0.39, 0.29) is 61.1 Å². The second-order valence-corrected chi connectivity index (χ2v) is 21.8. The lowest BCUT2D eigenvalue weighted by Crippen LogP contribution is -2.57. The van der Waals surface area contributed by atoms with Crippen molar-refractivity contribution in [3.8, 4) is 27.7 Å². The number of thiazole rings is 1. The number of carbonyl (C=O) groups is 4. The normalized spacial score (nSPS) is 16.8. The van der Waals surface area contributed by atoms with E-state index in [4.69, 9.17) is 4.74 Å². The van der Waals surface area contributed by atoms with Crippen LogP contribution in [0.5, 0.6) is 17.2 Å². The van der Waals surface area contributed by atoms with E-state index in [0.717, 1.165) is 113 Å². The topological polar surface area (TPSA) is 185 Å². The Labute approximate surface area is 446 Å². The maximum Gasteiger partial charge on any atom is 0.246 e. The highest BCUT2D eigenvalue weighted by Crippen LogP contribution is 2.36. The van der Waals surface area contributed by atoms with Gasteiger partial charge in [-0.1, -0.05) is 114 Å². The number of aromatic hydroxyl groups is 2. The van der Waals surface area contributed by atoms with Crippen LogP contribution in [-0.2, 0) is 25.7 Å². The SMILES string of the molecule is CCC(=C(c1ccc(O)cc1)c1ccc(OCCN2CCN(C(=O)CCCCCCCCC(=O)NC(C(=O)N3C[C@H](O)C[C@H]3C(=O)NCc3ccc(-c4scnc4C)cc3)C(C)(C)C)CC2)cc1)c1ccc(O)cc1. The molecule has 4 amide bonds. The predicted octanol–water partition coefficient (Wildman–Crippen LogP) is 9.35. The lowest BCUT2D eigenvalue weighted by atomic mass is 9.85. The number of carbonyl (C=O) groups excluding carboxylic acids is 4. The van der Waals surface area contributed by atoms with Gasteiger partial charge in [-0.2, -0.15) is 0 Å². The zero-order valence-electron chi connectivity index (χ0n) is 44.4. The highest BCUT2D eigenvalue weighted by molar-refractivity contribution is 7.13. The molecule has 2 saturated heterocycles. The Morgan fingerprint density at radius 3 is 1.95 bits per heavy atom. The molecule has 400 valence electrons. The van der Waals surface area contributed by atoms with Crippen molar-refractivity contribution in [2.75, 3.05) is 45.9 Å². The third kappa shape index (κ3) is 15.7. The quantitative estimate of drug-likeness (QED) is 0.0312. The van der Waals surface area contributed by atoms with Gasteiger partial charge in [0, 0.05) is 65.1 Å². The molecule has 0 bridgehead atoms.